The van der Waals surface area contributed by atoms with Crippen molar-refractivity contribution in [3.63, 3.8) is 0 Å². The maximum atomic E-state index is 12.7. The average molecular weight is 313 g/mol. The van der Waals surface area contributed by atoms with E-state index < -0.39 is 17.9 Å². The number of carboxylic acids is 1. The first-order chi connectivity index (χ1) is 11.1. The zero-order valence-corrected chi connectivity index (χ0v) is 12.9. The predicted octanol–water partition coefficient (Wildman–Crippen LogP) is 1.77. The van der Waals surface area contributed by atoms with E-state index in [-0.39, 0.29) is 18.4 Å². The molecule has 0 spiro atoms. The van der Waals surface area contributed by atoms with E-state index in [0.29, 0.717) is 6.54 Å². The normalized spacial score (nSPS) is 22.0. The molecule has 1 aromatic heterocycles. The van der Waals surface area contributed by atoms with E-state index in [2.05, 4.69) is 5.10 Å². The lowest BCUT2D eigenvalue weighted by atomic mass is 9.89. The summed E-state index contributed by atoms with van der Waals surface area (Å²) in [6.07, 6.45) is 3.36. The van der Waals surface area contributed by atoms with Crippen molar-refractivity contribution in [2.75, 3.05) is 13.1 Å². The van der Waals surface area contributed by atoms with Crippen LogP contribution in [0.25, 0.3) is 0 Å². The minimum atomic E-state index is -0.860. The summed E-state index contributed by atoms with van der Waals surface area (Å²) in [5, 5.41) is 13.6. The van der Waals surface area contributed by atoms with Gasteiger partial charge in [0.15, 0.2) is 0 Å². The summed E-state index contributed by atoms with van der Waals surface area (Å²) in [6.45, 7) is 2.44. The number of carboxylic acid groups (broad SMARTS) is 1. The van der Waals surface area contributed by atoms with Crippen LogP contribution in [0.5, 0.6) is 0 Å². The fraction of sp³-hybridized carbons (Fsp3) is 0.353. The lowest BCUT2D eigenvalue weighted by Crippen LogP contribution is -2.35. The molecule has 0 saturated carbocycles. The highest BCUT2D eigenvalue weighted by Crippen LogP contribution is 2.33. The standard InChI is InChI=1S/C17H19N3O3/c1-12(20-9-5-8-18-20)16(21)19-10-14(15(11-19)17(22)23)13-6-3-2-4-7-13/h2-9,12,14-15H,10-11H2,1H3,(H,22,23). The molecular weight excluding hydrogens is 294 g/mol. The third-order valence-electron chi connectivity index (χ3n) is 4.46. The van der Waals surface area contributed by atoms with Crippen molar-refractivity contribution in [1.82, 2.24) is 14.7 Å². The minimum absolute atomic E-state index is 0.0987. The van der Waals surface area contributed by atoms with Crippen molar-refractivity contribution in [1.29, 1.82) is 0 Å². The first kappa shape index (κ1) is 15.3. The van der Waals surface area contributed by atoms with Crippen LogP contribution in [0.15, 0.2) is 48.8 Å². The molecular formula is C17H19N3O3. The second kappa shape index (κ2) is 6.24. The molecule has 1 N–H and O–H groups in total. The number of likely N-dealkylation sites (tertiary alicyclic amines) is 1. The van der Waals surface area contributed by atoms with Crippen LogP contribution >= 0.6 is 0 Å². The first-order valence-corrected chi connectivity index (χ1v) is 7.63. The summed E-state index contributed by atoms with van der Waals surface area (Å²) >= 11 is 0. The van der Waals surface area contributed by atoms with E-state index in [4.69, 9.17) is 0 Å². The number of amides is 1. The molecule has 2 aromatic rings. The molecule has 1 fully saturated rings. The highest BCUT2D eigenvalue weighted by Gasteiger charge is 2.41. The van der Waals surface area contributed by atoms with Gasteiger partial charge < -0.3 is 10.0 Å². The Morgan fingerprint density at radius 2 is 1.96 bits per heavy atom. The smallest absolute Gasteiger partial charge is 0.308 e. The monoisotopic (exact) mass is 313 g/mol. The van der Waals surface area contributed by atoms with Gasteiger partial charge in [0.05, 0.1) is 5.92 Å². The van der Waals surface area contributed by atoms with Crippen LogP contribution < -0.4 is 0 Å². The van der Waals surface area contributed by atoms with Crippen LogP contribution in [0.4, 0.5) is 0 Å². The number of aliphatic carboxylic acids is 1. The maximum absolute atomic E-state index is 12.7. The molecule has 1 aliphatic heterocycles. The van der Waals surface area contributed by atoms with Gasteiger partial charge in [-0.2, -0.15) is 5.10 Å². The van der Waals surface area contributed by atoms with Crippen molar-refractivity contribution in [3.8, 4) is 0 Å². The molecule has 6 heteroatoms. The van der Waals surface area contributed by atoms with Crippen molar-refractivity contribution >= 4 is 11.9 Å². The van der Waals surface area contributed by atoms with E-state index in [1.54, 1.807) is 35.0 Å². The fourth-order valence-electron chi connectivity index (χ4n) is 3.16. The molecule has 3 rings (SSSR count). The molecule has 1 amide bonds. The highest BCUT2D eigenvalue weighted by molar-refractivity contribution is 5.82. The van der Waals surface area contributed by atoms with Gasteiger partial charge in [-0.3, -0.25) is 14.3 Å². The van der Waals surface area contributed by atoms with Crippen LogP contribution in [0.1, 0.15) is 24.4 Å². The summed E-state index contributed by atoms with van der Waals surface area (Å²) in [7, 11) is 0. The van der Waals surface area contributed by atoms with Crippen LogP contribution in [0.2, 0.25) is 0 Å². The number of rotatable bonds is 4. The van der Waals surface area contributed by atoms with Gasteiger partial charge in [0.25, 0.3) is 0 Å². The van der Waals surface area contributed by atoms with Crippen LogP contribution in [0.3, 0.4) is 0 Å². The molecule has 0 bridgehead atoms. The summed E-state index contributed by atoms with van der Waals surface area (Å²) < 4.78 is 1.59. The lowest BCUT2D eigenvalue weighted by molar-refractivity contribution is -0.142. The number of hydrogen-bond donors (Lipinski definition) is 1. The van der Waals surface area contributed by atoms with E-state index in [1.165, 1.54) is 0 Å². The predicted molar refractivity (Wildman–Crippen MR) is 83.8 cm³/mol. The van der Waals surface area contributed by atoms with Crippen molar-refractivity contribution in [2.24, 2.45) is 5.92 Å². The molecule has 1 aromatic carbocycles. The van der Waals surface area contributed by atoms with Crippen molar-refractivity contribution in [3.05, 3.63) is 54.4 Å². The second-order valence-corrected chi connectivity index (χ2v) is 5.87. The van der Waals surface area contributed by atoms with E-state index in [9.17, 15) is 14.7 Å². The Balaban J connectivity index is 1.80. The summed E-state index contributed by atoms with van der Waals surface area (Å²) in [5.74, 6) is -1.71. The van der Waals surface area contributed by atoms with Crippen LogP contribution in [-0.2, 0) is 9.59 Å². The minimum Gasteiger partial charge on any atom is -0.481 e. The SMILES string of the molecule is CC(C(=O)N1CC(C(=O)O)C(c2ccccc2)C1)n1cccn1. The highest BCUT2D eigenvalue weighted by atomic mass is 16.4. The quantitative estimate of drug-likeness (QED) is 0.933. The summed E-state index contributed by atoms with van der Waals surface area (Å²) in [5.41, 5.74) is 0.960. The lowest BCUT2D eigenvalue weighted by Gasteiger charge is -2.21. The third kappa shape index (κ3) is 2.97. The number of nitrogens with zero attached hydrogens (tertiary/aromatic N) is 3. The Morgan fingerprint density at radius 3 is 2.57 bits per heavy atom. The first-order valence-electron chi connectivity index (χ1n) is 7.63. The molecule has 1 aliphatic rings. The number of carbonyl (C=O) groups excluding carboxylic acids is 1. The zero-order chi connectivity index (χ0) is 16.4. The Bertz CT molecular complexity index is 684. The molecule has 2 heterocycles. The Morgan fingerprint density at radius 1 is 1.22 bits per heavy atom. The Labute approximate surface area is 134 Å². The Kier molecular flexibility index (Phi) is 4.14. The molecule has 120 valence electrons. The van der Waals surface area contributed by atoms with Crippen molar-refractivity contribution in [2.45, 2.75) is 18.9 Å². The van der Waals surface area contributed by atoms with Gasteiger partial charge in [-0.1, -0.05) is 30.3 Å². The molecule has 23 heavy (non-hydrogen) atoms. The summed E-state index contributed by atoms with van der Waals surface area (Å²) in [4.78, 5) is 25.9. The number of carbonyl (C=O) groups is 2. The van der Waals surface area contributed by atoms with E-state index in [0.717, 1.165) is 5.56 Å². The van der Waals surface area contributed by atoms with Gasteiger partial charge >= 0.3 is 5.97 Å². The van der Waals surface area contributed by atoms with Gasteiger partial charge in [0, 0.05) is 31.4 Å². The second-order valence-electron chi connectivity index (χ2n) is 5.87. The number of benzene rings is 1. The largest absolute Gasteiger partial charge is 0.481 e. The fourth-order valence-corrected chi connectivity index (χ4v) is 3.16. The van der Waals surface area contributed by atoms with E-state index in [1.807, 2.05) is 30.3 Å². The van der Waals surface area contributed by atoms with Crippen molar-refractivity contribution < 1.29 is 14.7 Å². The van der Waals surface area contributed by atoms with Crippen LogP contribution in [-0.4, -0.2) is 44.8 Å². The number of hydrogen-bond acceptors (Lipinski definition) is 3. The summed E-state index contributed by atoms with van der Waals surface area (Å²) in [6, 6.07) is 10.9. The zero-order valence-electron chi connectivity index (χ0n) is 12.9. The van der Waals surface area contributed by atoms with E-state index >= 15 is 0 Å². The maximum Gasteiger partial charge on any atom is 0.308 e. The van der Waals surface area contributed by atoms with Gasteiger partial charge in [-0.25, -0.2) is 0 Å². The topological polar surface area (TPSA) is 75.4 Å². The van der Waals surface area contributed by atoms with Crippen LogP contribution in [0, 0.1) is 5.92 Å². The molecule has 0 aliphatic carbocycles. The van der Waals surface area contributed by atoms with Gasteiger partial charge in [-0.05, 0) is 18.6 Å². The number of aromatic nitrogens is 2. The molecule has 3 atom stereocenters. The Hall–Kier alpha value is -2.63. The molecule has 1 saturated heterocycles. The average Bonchev–Trinajstić information content (AvgIpc) is 3.24. The van der Waals surface area contributed by atoms with Gasteiger partial charge in [0.1, 0.15) is 6.04 Å². The van der Waals surface area contributed by atoms with Gasteiger partial charge in [0.2, 0.25) is 5.91 Å². The third-order valence-corrected chi connectivity index (χ3v) is 4.46. The molecule has 3 unspecified atom stereocenters. The van der Waals surface area contributed by atoms with Gasteiger partial charge in [-0.15, -0.1) is 0 Å². The molecule has 6 nitrogen and oxygen atoms in total. The molecule has 0 radical (unpaired) electrons.